The molecule has 0 aromatic heterocycles. The van der Waals surface area contributed by atoms with E-state index in [1.807, 2.05) is 0 Å². The number of ketones is 1. The molecule has 0 N–H and O–H groups in total. The number of rotatable bonds is 5. The zero-order valence-corrected chi connectivity index (χ0v) is 14.8. The zero-order chi connectivity index (χ0) is 16.0. The molecule has 0 amide bonds. The molecule has 1 aliphatic carbocycles. The summed E-state index contributed by atoms with van der Waals surface area (Å²) in [7, 11) is 0. The maximum absolute atomic E-state index is 13.2. The van der Waals surface area contributed by atoms with Crippen molar-refractivity contribution in [2.45, 2.75) is 67.7 Å². The summed E-state index contributed by atoms with van der Waals surface area (Å²) in [5, 5.41) is 0. The molecule has 0 radical (unpaired) electrons. The zero-order valence-electron chi connectivity index (χ0n) is 14.8. The molecule has 0 spiro atoms. The fourth-order valence-corrected chi connectivity index (χ4v) is 3.91. The highest BCUT2D eigenvalue weighted by atomic mass is 16.1. The predicted molar refractivity (Wildman–Crippen MR) is 90.0 cm³/mol. The first-order valence-corrected chi connectivity index (χ1v) is 8.41. The van der Waals surface area contributed by atoms with E-state index in [-0.39, 0.29) is 16.7 Å². The largest absolute Gasteiger partial charge is 0.294 e. The van der Waals surface area contributed by atoms with Gasteiger partial charge in [-0.2, -0.15) is 0 Å². The van der Waals surface area contributed by atoms with Gasteiger partial charge in [0.15, 0.2) is 5.78 Å². The molecule has 1 saturated carbocycles. The third kappa shape index (κ3) is 2.35. The summed E-state index contributed by atoms with van der Waals surface area (Å²) < 4.78 is 0. The van der Waals surface area contributed by atoms with Gasteiger partial charge in [0.25, 0.3) is 0 Å². The Kier molecular flexibility index (Phi) is 4.08. The van der Waals surface area contributed by atoms with Crippen molar-refractivity contribution >= 4 is 5.78 Å². The number of Topliss-reactive ketones (excluding diaryl/α,β-unsaturated/α-hetero) is 1. The average molecular weight is 286 g/mol. The van der Waals surface area contributed by atoms with E-state index in [0.717, 1.165) is 24.8 Å². The fourth-order valence-electron chi connectivity index (χ4n) is 3.91. The first-order valence-electron chi connectivity index (χ1n) is 8.41. The van der Waals surface area contributed by atoms with Crippen molar-refractivity contribution < 1.29 is 4.79 Å². The van der Waals surface area contributed by atoms with Gasteiger partial charge in [-0.15, -0.1) is 0 Å². The lowest BCUT2D eigenvalue weighted by atomic mass is 9.88. The van der Waals surface area contributed by atoms with E-state index >= 15 is 0 Å². The number of carbonyl (C=O) groups is 1. The van der Waals surface area contributed by atoms with Crippen LogP contribution in [0.25, 0.3) is 0 Å². The van der Waals surface area contributed by atoms with Gasteiger partial charge in [0, 0.05) is 11.5 Å². The Bertz CT molecular complexity index is 524. The number of carbonyl (C=O) groups excluding carboxylic acids is 1. The summed E-state index contributed by atoms with van der Waals surface area (Å²) in [4.78, 5) is 13.2. The normalized spacial score (nSPS) is 19.6. The maximum Gasteiger partial charge on any atom is 0.167 e. The van der Waals surface area contributed by atoms with Crippen LogP contribution in [0.15, 0.2) is 12.1 Å². The van der Waals surface area contributed by atoms with E-state index < -0.39 is 0 Å². The second-order valence-electron chi connectivity index (χ2n) is 7.59. The molecule has 1 fully saturated rings. The highest BCUT2D eigenvalue weighted by Crippen LogP contribution is 2.69. The summed E-state index contributed by atoms with van der Waals surface area (Å²) in [6.45, 7) is 15.4. The molecule has 0 heterocycles. The minimum Gasteiger partial charge on any atom is -0.294 e. The van der Waals surface area contributed by atoms with Crippen LogP contribution in [0.5, 0.6) is 0 Å². The molecule has 2 rings (SSSR count). The summed E-state index contributed by atoms with van der Waals surface area (Å²) >= 11 is 0. The molecule has 1 heteroatoms. The van der Waals surface area contributed by atoms with Crippen molar-refractivity contribution in [2.24, 2.45) is 16.7 Å². The molecule has 1 aromatic carbocycles. The van der Waals surface area contributed by atoms with Crippen molar-refractivity contribution in [3.8, 4) is 0 Å². The van der Waals surface area contributed by atoms with Crippen molar-refractivity contribution in [1.29, 1.82) is 0 Å². The van der Waals surface area contributed by atoms with Crippen LogP contribution in [0.2, 0.25) is 0 Å². The molecule has 116 valence electrons. The molecular formula is C20H30O. The van der Waals surface area contributed by atoms with E-state index in [2.05, 4.69) is 60.6 Å². The molecule has 0 saturated heterocycles. The van der Waals surface area contributed by atoms with Gasteiger partial charge < -0.3 is 0 Å². The minimum atomic E-state index is 0.115. The summed E-state index contributed by atoms with van der Waals surface area (Å²) in [6, 6.07) is 4.49. The Balaban J connectivity index is 2.51. The monoisotopic (exact) mass is 286 g/mol. The average Bonchev–Trinajstić information content (AvgIpc) is 2.86. The molecule has 1 nitrogen and oxygen atoms in total. The topological polar surface area (TPSA) is 17.1 Å². The molecule has 0 atom stereocenters. The molecule has 21 heavy (non-hydrogen) atoms. The maximum atomic E-state index is 13.2. The molecule has 0 bridgehead atoms. The second-order valence-corrected chi connectivity index (χ2v) is 7.59. The Morgan fingerprint density at radius 3 is 1.62 bits per heavy atom. The van der Waals surface area contributed by atoms with Crippen LogP contribution >= 0.6 is 0 Å². The number of benzene rings is 1. The Labute approximate surface area is 130 Å². The van der Waals surface area contributed by atoms with E-state index in [9.17, 15) is 4.79 Å². The molecular weight excluding hydrogens is 256 g/mol. The summed E-state index contributed by atoms with van der Waals surface area (Å²) in [5.41, 5.74) is 5.10. The minimum absolute atomic E-state index is 0.115. The van der Waals surface area contributed by atoms with Crippen LogP contribution in [0.3, 0.4) is 0 Å². The lowest BCUT2D eigenvalue weighted by Crippen LogP contribution is -2.14. The number of hydrogen-bond acceptors (Lipinski definition) is 1. The number of aryl methyl sites for hydroxylation is 3. The van der Waals surface area contributed by atoms with E-state index in [4.69, 9.17) is 0 Å². The van der Waals surface area contributed by atoms with Crippen LogP contribution in [0, 0.1) is 16.7 Å². The van der Waals surface area contributed by atoms with Gasteiger partial charge in [-0.1, -0.05) is 60.6 Å². The van der Waals surface area contributed by atoms with Gasteiger partial charge in [0.05, 0.1) is 0 Å². The Hall–Kier alpha value is -1.11. The smallest absolute Gasteiger partial charge is 0.167 e. The van der Waals surface area contributed by atoms with Gasteiger partial charge in [0.1, 0.15) is 0 Å². The van der Waals surface area contributed by atoms with Crippen LogP contribution in [-0.2, 0) is 19.3 Å². The van der Waals surface area contributed by atoms with Crippen molar-refractivity contribution in [3.05, 3.63) is 34.4 Å². The van der Waals surface area contributed by atoms with Crippen molar-refractivity contribution in [1.82, 2.24) is 0 Å². The Morgan fingerprint density at radius 1 is 0.905 bits per heavy atom. The van der Waals surface area contributed by atoms with Crippen molar-refractivity contribution in [3.63, 3.8) is 0 Å². The van der Waals surface area contributed by atoms with E-state index in [1.54, 1.807) is 0 Å². The standard InChI is InChI=1S/C20H30O/c1-8-13-11-14(9-2)16(15(10-3)12-13)17(21)18-19(4,5)20(18,6)7/h11-12,18H,8-10H2,1-7H3. The Morgan fingerprint density at radius 2 is 1.33 bits per heavy atom. The van der Waals surface area contributed by atoms with Gasteiger partial charge in [-0.05, 0) is 46.8 Å². The SMILES string of the molecule is CCc1cc(CC)c(C(=O)C2C(C)(C)C2(C)C)c(CC)c1. The molecule has 1 aliphatic rings. The quantitative estimate of drug-likeness (QED) is 0.677. The second kappa shape index (κ2) is 5.26. The lowest BCUT2D eigenvalue weighted by molar-refractivity contribution is 0.0943. The van der Waals surface area contributed by atoms with Crippen LogP contribution < -0.4 is 0 Å². The van der Waals surface area contributed by atoms with Gasteiger partial charge in [-0.3, -0.25) is 4.79 Å². The highest BCUT2D eigenvalue weighted by molar-refractivity contribution is 6.03. The van der Waals surface area contributed by atoms with E-state index in [0.29, 0.717) is 5.78 Å². The van der Waals surface area contributed by atoms with E-state index in [1.165, 1.54) is 16.7 Å². The fraction of sp³-hybridized carbons (Fsp3) is 0.650. The van der Waals surface area contributed by atoms with Crippen molar-refractivity contribution in [2.75, 3.05) is 0 Å². The van der Waals surface area contributed by atoms with Gasteiger partial charge >= 0.3 is 0 Å². The first kappa shape index (κ1) is 16.3. The first-order chi connectivity index (χ1) is 9.72. The number of hydrogen-bond donors (Lipinski definition) is 0. The van der Waals surface area contributed by atoms with Crippen LogP contribution in [-0.4, -0.2) is 5.78 Å². The highest BCUT2D eigenvalue weighted by Gasteiger charge is 2.68. The van der Waals surface area contributed by atoms with Gasteiger partial charge in [0.2, 0.25) is 0 Å². The summed E-state index contributed by atoms with van der Waals surface area (Å²) in [5.74, 6) is 0.537. The summed E-state index contributed by atoms with van der Waals surface area (Å²) in [6.07, 6.45) is 2.92. The molecule has 1 aromatic rings. The third-order valence-electron chi connectivity index (χ3n) is 6.06. The predicted octanol–water partition coefficient (Wildman–Crippen LogP) is 5.24. The molecule has 0 unspecified atom stereocenters. The third-order valence-corrected chi connectivity index (χ3v) is 6.06. The van der Waals surface area contributed by atoms with Gasteiger partial charge in [-0.25, -0.2) is 0 Å². The van der Waals surface area contributed by atoms with Crippen LogP contribution in [0.1, 0.15) is 75.5 Å². The lowest BCUT2D eigenvalue weighted by Gasteiger charge is -2.15. The van der Waals surface area contributed by atoms with Crippen LogP contribution in [0.4, 0.5) is 0 Å². The molecule has 0 aliphatic heterocycles.